The standard InChI is InChI=1S/C18H24N4O3/c1-12-6-7-14-13(19-12)10-15(25-14)16(23)22-9-8-21(11-18(22,2)3)17(24)20(4)5/h6-7,10H,8-9,11H2,1-5H3. The Balaban J connectivity index is 1.83. The van der Waals surface area contributed by atoms with Crippen molar-refractivity contribution in [2.24, 2.45) is 0 Å². The van der Waals surface area contributed by atoms with E-state index in [0.29, 0.717) is 30.7 Å². The van der Waals surface area contributed by atoms with E-state index in [1.54, 1.807) is 34.9 Å². The van der Waals surface area contributed by atoms with Crippen molar-refractivity contribution in [1.82, 2.24) is 19.7 Å². The van der Waals surface area contributed by atoms with Crippen LogP contribution in [0, 0.1) is 6.92 Å². The second-order valence-electron chi connectivity index (χ2n) is 7.31. The summed E-state index contributed by atoms with van der Waals surface area (Å²) in [6.07, 6.45) is 0. The summed E-state index contributed by atoms with van der Waals surface area (Å²) in [5.74, 6) is 0.117. The van der Waals surface area contributed by atoms with Gasteiger partial charge in [-0.25, -0.2) is 9.78 Å². The highest BCUT2D eigenvalue weighted by Gasteiger charge is 2.40. The first-order valence-electron chi connectivity index (χ1n) is 8.34. The Bertz CT molecular complexity index is 825. The number of hydrogen-bond acceptors (Lipinski definition) is 4. The van der Waals surface area contributed by atoms with E-state index in [0.717, 1.165) is 5.69 Å². The predicted octanol–water partition coefficient (Wildman–Crippen LogP) is 2.35. The molecular weight excluding hydrogens is 320 g/mol. The topological polar surface area (TPSA) is 69.9 Å². The zero-order valence-electron chi connectivity index (χ0n) is 15.4. The summed E-state index contributed by atoms with van der Waals surface area (Å²) < 4.78 is 5.70. The summed E-state index contributed by atoms with van der Waals surface area (Å²) in [5.41, 5.74) is 1.68. The molecule has 2 aromatic heterocycles. The minimum Gasteiger partial charge on any atom is -0.449 e. The highest BCUT2D eigenvalue weighted by molar-refractivity contribution is 5.96. The first-order chi connectivity index (χ1) is 11.7. The second-order valence-corrected chi connectivity index (χ2v) is 7.31. The molecule has 0 atom stereocenters. The van der Waals surface area contributed by atoms with Gasteiger partial charge in [0, 0.05) is 45.5 Å². The van der Waals surface area contributed by atoms with Crippen LogP contribution in [0.25, 0.3) is 11.1 Å². The summed E-state index contributed by atoms with van der Waals surface area (Å²) in [7, 11) is 3.46. The van der Waals surface area contributed by atoms with Gasteiger partial charge in [0.2, 0.25) is 0 Å². The SMILES string of the molecule is Cc1ccc2oc(C(=O)N3CCN(C(=O)N(C)C)CC3(C)C)cc2n1. The molecular formula is C18H24N4O3. The number of amides is 3. The lowest BCUT2D eigenvalue weighted by molar-refractivity contribution is 0.0218. The summed E-state index contributed by atoms with van der Waals surface area (Å²) in [6.45, 7) is 7.28. The molecule has 7 heteroatoms. The number of pyridine rings is 1. The first-order valence-corrected chi connectivity index (χ1v) is 8.34. The van der Waals surface area contributed by atoms with E-state index in [2.05, 4.69) is 4.98 Å². The van der Waals surface area contributed by atoms with E-state index >= 15 is 0 Å². The maximum absolute atomic E-state index is 13.0. The third-order valence-corrected chi connectivity index (χ3v) is 4.52. The normalized spacial score (nSPS) is 17.0. The molecule has 0 aromatic carbocycles. The van der Waals surface area contributed by atoms with Gasteiger partial charge in [0.05, 0.1) is 5.54 Å². The van der Waals surface area contributed by atoms with Crippen molar-refractivity contribution in [3.8, 4) is 0 Å². The molecule has 134 valence electrons. The Morgan fingerprint density at radius 2 is 1.96 bits per heavy atom. The Hall–Kier alpha value is -2.57. The Morgan fingerprint density at radius 1 is 1.24 bits per heavy atom. The molecule has 1 fully saturated rings. The van der Waals surface area contributed by atoms with Gasteiger partial charge >= 0.3 is 6.03 Å². The van der Waals surface area contributed by atoms with Gasteiger partial charge in [0.1, 0.15) is 5.52 Å². The van der Waals surface area contributed by atoms with Crippen LogP contribution in [-0.4, -0.2) is 70.9 Å². The van der Waals surface area contributed by atoms with Crippen molar-refractivity contribution < 1.29 is 14.0 Å². The van der Waals surface area contributed by atoms with Crippen molar-refractivity contribution in [2.45, 2.75) is 26.3 Å². The second kappa shape index (κ2) is 6.06. The van der Waals surface area contributed by atoms with Crippen molar-refractivity contribution in [3.63, 3.8) is 0 Å². The van der Waals surface area contributed by atoms with Gasteiger partial charge in [-0.1, -0.05) is 0 Å². The van der Waals surface area contributed by atoms with Crippen LogP contribution in [0.4, 0.5) is 4.79 Å². The van der Waals surface area contributed by atoms with Crippen LogP contribution in [0.1, 0.15) is 30.1 Å². The number of aryl methyl sites for hydroxylation is 1. The van der Waals surface area contributed by atoms with Crippen LogP contribution < -0.4 is 0 Å². The largest absolute Gasteiger partial charge is 0.449 e. The molecule has 0 bridgehead atoms. The maximum Gasteiger partial charge on any atom is 0.319 e. The van der Waals surface area contributed by atoms with Gasteiger partial charge in [-0.3, -0.25) is 4.79 Å². The van der Waals surface area contributed by atoms with E-state index in [9.17, 15) is 9.59 Å². The highest BCUT2D eigenvalue weighted by Crippen LogP contribution is 2.26. The van der Waals surface area contributed by atoms with Crippen molar-refractivity contribution in [1.29, 1.82) is 0 Å². The average Bonchev–Trinajstić information content (AvgIpc) is 2.95. The molecule has 0 saturated carbocycles. The van der Waals surface area contributed by atoms with Crippen LogP contribution >= 0.6 is 0 Å². The molecule has 25 heavy (non-hydrogen) atoms. The number of rotatable bonds is 1. The Labute approximate surface area is 147 Å². The lowest BCUT2D eigenvalue weighted by atomic mass is 9.98. The number of piperazine rings is 1. The number of furan rings is 1. The minimum absolute atomic E-state index is 0.0383. The summed E-state index contributed by atoms with van der Waals surface area (Å²) in [6, 6.07) is 5.34. The van der Waals surface area contributed by atoms with E-state index < -0.39 is 5.54 Å². The van der Waals surface area contributed by atoms with E-state index in [1.807, 2.05) is 32.9 Å². The molecule has 0 unspecified atom stereocenters. The van der Waals surface area contributed by atoms with Crippen LogP contribution in [0.15, 0.2) is 22.6 Å². The van der Waals surface area contributed by atoms with E-state index in [4.69, 9.17) is 4.42 Å². The molecule has 3 rings (SSSR count). The fourth-order valence-corrected chi connectivity index (χ4v) is 3.24. The molecule has 1 aliphatic rings. The van der Waals surface area contributed by atoms with Gasteiger partial charge in [0.25, 0.3) is 5.91 Å². The third-order valence-electron chi connectivity index (χ3n) is 4.52. The molecule has 3 heterocycles. The highest BCUT2D eigenvalue weighted by atomic mass is 16.3. The Kier molecular flexibility index (Phi) is 4.18. The third kappa shape index (κ3) is 3.18. The number of nitrogens with zero attached hydrogens (tertiary/aromatic N) is 4. The molecule has 2 aromatic rings. The predicted molar refractivity (Wildman–Crippen MR) is 94.5 cm³/mol. The summed E-state index contributed by atoms with van der Waals surface area (Å²) in [4.78, 5) is 34.7. The van der Waals surface area contributed by atoms with Crippen LogP contribution in [0.3, 0.4) is 0 Å². The fraction of sp³-hybridized carbons (Fsp3) is 0.500. The zero-order valence-corrected chi connectivity index (χ0v) is 15.4. The molecule has 1 saturated heterocycles. The number of carbonyl (C=O) groups is 2. The molecule has 0 radical (unpaired) electrons. The molecule has 0 aliphatic carbocycles. The average molecular weight is 344 g/mol. The monoisotopic (exact) mass is 344 g/mol. The minimum atomic E-state index is -0.483. The van der Waals surface area contributed by atoms with Gasteiger partial charge in [-0.15, -0.1) is 0 Å². The van der Waals surface area contributed by atoms with E-state index in [-0.39, 0.29) is 17.7 Å². The van der Waals surface area contributed by atoms with Gasteiger partial charge in [0.15, 0.2) is 11.3 Å². The van der Waals surface area contributed by atoms with Crippen LogP contribution in [-0.2, 0) is 0 Å². The lowest BCUT2D eigenvalue weighted by Crippen LogP contribution is -2.63. The van der Waals surface area contributed by atoms with Gasteiger partial charge in [-0.05, 0) is 32.9 Å². The van der Waals surface area contributed by atoms with Crippen molar-refractivity contribution in [2.75, 3.05) is 33.7 Å². The fourth-order valence-electron chi connectivity index (χ4n) is 3.24. The van der Waals surface area contributed by atoms with Gasteiger partial charge in [-0.2, -0.15) is 0 Å². The molecule has 7 nitrogen and oxygen atoms in total. The van der Waals surface area contributed by atoms with Crippen LogP contribution in [0.2, 0.25) is 0 Å². The lowest BCUT2D eigenvalue weighted by Gasteiger charge is -2.47. The van der Waals surface area contributed by atoms with Crippen molar-refractivity contribution >= 4 is 23.0 Å². The quantitative estimate of drug-likeness (QED) is 0.796. The smallest absolute Gasteiger partial charge is 0.319 e. The van der Waals surface area contributed by atoms with Gasteiger partial charge < -0.3 is 19.1 Å². The number of urea groups is 1. The number of carbonyl (C=O) groups excluding carboxylic acids is 2. The first kappa shape index (κ1) is 17.3. The molecule has 3 amide bonds. The number of hydrogen-bond donors (Lipinski definition) is 0. The summed E-state index contributed by atoms with van der Waals surface area (Å²) >= 11 is 0. The van der Waals surface area contributed by atoms with Crippen LogP contribution in [0.5, 0.6) is 0 Å². The molecule has 0 spiro atoms. The Morgan fingerprint density at radius 3 is 2.60 bits per heavy atom. The van der Waals surface area contributed by atoms with E-state index in [1.165, 1.54) is 0 Å². The molecule has 1 aliphatic heterocycles. The van der Waals surface area contributed by atoms with Crippen molar-refractivity contribution in [3.05, 3.63) is 29.7 Å². The number of fused-ring (bicyclic) bond motifs is 1. The number of aromatic nitrogens is 1. The zero-order chi connectivity index (χ0) is 18.4. The maximum atomic E-state index is 13.0. The molecule has 0 N–H and O–H groups in total. The summed E-state index contributed by atoms with van der Waals surface area (Å²) in [5, 5.41) is 0.